The Labute approximate surface area is 89.3 Å². The molecule has 0 amide bonds. The van der Waals surface area contributed by atoms with E-state index in [1.807, 2.05) is 0 Å². The molecular weight excluding hydrogens is 194 g/mol. The molecule has 0 heterocycles. The summed E-state index contributed by atoms with van der Waals surface area (Å²) < 4.78 is 26.6. The van der Waals surface area contributed by atoms with Crippen molar-refractivity contribution in [2.45, 2.75) is 38.5 Å². The van der Waals surface area contributed by atoms with Crippen molar-refractivity contribution >= 4 is 0 Å². The van der Waals surface area contributed by atoms with Crippen molar-refractivity contribution in [1.29, 1.82) is 0 Å². The van der Waals surface area contributed by atoms with Gasteiger partial charge in [-0.15, -0.1) is 0 Å². The lowest BCUT2D eigenvalue weighted by Gasteiger charge is -2.27. The monoisotopic (exact) mass is 210 g/mol. The smallest absolute Gasteiger partial charge is 0.162 e. The zero-order valence-corrected chi connectivity index (χ0v) is 8.97. The highest BCUT2D eigenvalue weighted by molar-refractivity contribution is 5.23. The number of benzene rings is 1. The van der Waals surface area contributed by atoms with Crippen LogP contribution in [0, 0.1) is 17.6 Å². The summed E-state index contributed by atoms with van der Waals surface area (Å²) in [6.45, 7) is 2.18. The van der Waals surface area contributed by atoms with Gasteiger partial charge in [0.2, 0.25) is 0 Å². The largest absolute Gasteiger partial charge is 0.204 e. The van der Waals surface area contributed by atoms with Crippen molar-refractivity contribution in [3.63, 3.8) is 0 Å². The van der Waals surface area contributed by atoms with Gasteiger partial charge >= 0.3 is 0 Å². The van der Waals surface area contributed by atoms with Crippen LogP contribution in [0.4, 0.5) is 8.78 Å². The SMILES string of the molecule is CC1CCCC(c2cccc(F)c2F)C1. The van der Waals surface area contributed by atoms with Gasteiger partial charge in [-0.3, -0.25) is 0 Å². The van der Waals surface area contributed by atoms with E-state index in [9.17, 15) is 8.78 Å². The normalized spacial score (nSPS) is 26.6. The molecule has 0 N–H and O–H groups in total. The lowest BCUT2D eigenvalue weighted by atomic mass is 9.78. The third-order valence-electron chi connectivity index (χ3n) is 3.36. The Morgan fingerprint density at radius 2 is 2.00 bits per heavy atom. The average molecular weight is 210 g/mol. The topological polar surface area (TPSA) is 0 Å². The van der Waals surface area contributed by atoms with Crippen LogP contribution in [0.15, 0.2) is 18.2 Å². The maximum absolute atomic E-state index is 13.5. The number of halogens is 2. The van der Waals surface area contributed by atoms with Crippen LogP contribution in [-0.4, -0.2) is 0 Å². The van der Waals surface area contributed by atoms with Gasteiger partial charge in [0, 0.05) is 0 Å². The van der Waals surface area contributed by atoms with Crippen LogP contribution in [0.3, 0.4) is 0 Å². The van der Waals surface area contributed by atoms with Gasteiger partial charge in [0.05, 0.1) is 0 Å². The summed E-state index contributed by atoms with van der Waals surface area (Å²) in [5, 5.41) is 0. The zero-order chi connectivity index (χ0) is 10.8. The minimum Gasteiger partial charge on any atom is -0.204 e. The fourth-order valence-electron chi connectivity index (χ4n) is 2.55. The van der Waals surface area contributed by atoms with Crippen molar-refractivity contribution in [1.82, 2.24) is 0 Å². The molecular formula is C13H16F2. The van der Waals surface area contributed by atoms with Gasteiger partial charge in [0.1, 0.15) is 0 Å². The first-order valence-electron chi connectivity index (χ1n) is 5.62. The van der Waals surface area contributed by atoms with Crippen molar-refractivity contribution in [3.05, 3.63) is 35.4 Å². The maximum Gasteiger partial charge on any atom is 0.162 e. The first-order valence-corrected chi connectivity index (χ1v) is 5.62. The molecule has 0 aliphatic heterocycles. The maximum atomic E-state index is 13.5. The van der Waals surface area contributed by atoms with E-state index in [4.69, 9.17) is 0 Å². The molecule has 0 spiro atoms. The van der Waals surface area contributed by atoms with Crippen molar-refractivity contribution < 1.29 is 8.78 Å². The van der Waals surface area contributed by atoms with E-state index >= 15 is 0 Å². The van der Waals surface area contributed by atoms with Crippen LogP contribution in [0.25, 0.3) is 0 Å². The summed E-state index contributed by atoms with van der Waals surface area (Å²) in [6, 6.07) is 4.51. The predicted octanol–water partition coefficient (Wildman–Crippen LogP) is 4.26. The predicted molar refractivity (Wildman–Crippen MR) is 56.7 cm³/mol. The quantitative estimate of drug-likeness (QED) is 0.649. The highest BCUT2D eigenvalue weighted by Crippen LogP contribution is 2.37. The average Bonchev–Trinajstić information content (AvgIpc) is 2.22. The van der Waals surface area contributed by atoms with E-state index < -0.39 is 11.6 Å². The van der Waals surface area contributed by atoms with Crippen LogP contribution in [0.1, 0.15) is 44.1 Å². The number of hydrogen-bond donors (Lipinski definition) is 0. The Morgan fingerprint density at radius 1 is 1.20 bits per heavy atom. The summed E-state index contributed by atoms with van der Waals surface area (Å²) in [5.74, 6) is -0.516. The van der Waals surface area contributed by atoms with Gasteiger partial charge in [-0.25, -0.2) is 8.78 Å². The third kappa shape index (κ3) is 2.19. The lowest BCUT2D eigenvalue weighted by Crippen LogP contribution is -2.13. The van der Waals surface area contributed by atoms with Gasteiger partial charge in [0.25, 0.3) is 0 Å². The van der Waals surface area contributed by atoms with Gasteiger partial charge in [-0.2, -0.15) is 0 Å². The summed E-state index contributed by atoms with van der Waals surface area (Å²) in [6.07, 6.45) is 4.32. The van der Waals surface area contributed by atoms with E-state index in [1.54, 1.807) is 12.1 Å². The molecule has 2 rings (SSSR count). The van der Waals surface area contributed by atoms with Gasteiger partial charge in [0.15, 0.2) is 11.6 Å². The van der Waals surface area contributed by atoms with E-state index in [0.717, 1.165) is 19.3 Å². The molecule has 0 radical (unpaired) electrons. The Kier molecular flexibility index (Phi) is 3.03. The zero-order valence-electron chi connectivity index (χ0n) is 8.97. The molecule has 1 saturated carbocycles. The van der Waals surface area contributed by atoms with Crippen LogP contribution in [0.2, 0.25) is 0 Å². The second-order valence-electron chi connectivity index (χ2n) is 4.61. The molecule has 2 unspecified atom stereocenters. The van der Waals surface area contributed by atoms with Gasteiger partial charge in [-0.05, 0) is 36.3 Å². The second kappa shape index (κ2) is 4.30. The van der Waals surface area contributed by atoms with E-state index in [-0.39, 0.29) is 5.92 Å². The number of hydrogen-bond acceptors (Lipinski definition) is 0. The molecule has 0 nitrogen and oxygen atoms in total. The molecule has 2 heteroatoms. The van der Waals surface area contributed by atoms with Crippen LogP contribution < -0.4 is 0 Å². The molecule has 1 fully saturated rings. The molecule has 1 aliphatic rings. The summed E-state index contributed by atoms with van der Waals surface area (Å²) >= 11 is 0. The third-order valence-corrected chi connectivity index (χ3v) is 3.36. The van der Waals surface area contributed by atoms with Crippen molar-refractivity contribution in [2.24, 2.45) is 5.92 Å². The second-order valence-corrected chi connectivity index (χ2v) is 4.61. The summed E-state index contributed by atoms with van der Waals surface area (Å²) in [5.41, 5.74) is 0.571. The molecule has 82 valence electrons. The van der Waals surface area contributed by atoms with Gasteiger partial charge < -0.3 is 0 Å². The standard InChI is InChI=1S/C13H16F2/c1-9-4-2-5-10(8-9)11-6-3-7-12(14)13(11)15/h3,6-7,9-10H,2,4-5,8H2,1H3. The first-order chi connectivity index (χ1) is 7.18. The summed E-state index contributed by atoms with van der Waals surface area (Å²) in [7, 11) is 0. The first kappa shape index (κ1) is 10.6. The minimum absolute atomic E-state index is 0.212. The van der Waals surface area contributed by atoms with Crippen molar-refractivity contribution in [2.75, 3.05) is 0 Å². The Morgan fingerprint density at radius 3 is 2.73 bits per heavy atom. The van der Waals surface area contributed by atoms with Gasteiger partial charge in [-0.1, -0.05) is 31.9 Å². The molecule has 1 aromatic carbocycles. The van der Waals surface area contributed by atoms with Crippen LogP contribution >= 0.6 is 0 Å². The van der Waals surface area contributed by atoms with Crippen molar-refractivity contribution in [3.8, 4) is 0 Å². The molecule has 1 aliphatic carbocycles. The minimum atomic E-state index is -0.717. The van der Waals surface area contributed by atoms with E-state index in [0.29, 0.717) is 11.5 Å². The number of rotatable bonds is 1. The van der Waals surface area contributed by atoms with E-state index in [2.05, 4.69) is 6.92 Å². The molecule has 0 bridgehead atoms. The Hall–Kier alpha value is -0.920. The fourth-order valence-corrected chi connectivity index (χ4v) is 2.55. The van der Waals surface area contributed by atoms with Crippen LogP contribution in [0.5, 0.6) is 0 Å². The summed E-state index contributed by atoms with van der Waals surface area (Å²) in [4.78, 5) is 0. The fraction of sp³-hybridized carbons (Fsp3) is 0.538. The molecule has 1 aromatic rings. The van der Waals surface area contributed by atoms with Crippen LogP contribution in [-0.2, 0) is 0 Å². The molecule has 2 atom stereocenters. The molecule has 15 heavy (non-hydrogen) atoms. The highest BCUT2D eigenvalue weighted by Gasteiger charge is 2.23. The molecule has 0 aromatic heterocycles. The Bertz CT molecular complexity index is 346. The lowest BCUT2D eigenvalue weighted by molar-refractivity contribution is 0.335. The molecule has 0 saturated heterocycles. The highest BCUT2D eigenvalue weighted by atomic mass is 19.2. The van der Waals surface area contributed by atoms with E-state index in [1.165, 1.54) is 12.5 Å². The Balaban J connectivity index is 2.24.